The Morgan fingerprint density at radius 2 is 1.70 bits per heavy atom. The fourth-order valence-corrected chi connectivity index (χ4v) is 4.03. The molecule has 3 aliphatic heterocycles. The van der Waals surface area contributed by atoms with Gasteiger partial charge in [0.2, 0.25) is 11.8 Å². The minimum atomic E-state index is -0.804. The Morgan fingerprint density at radius 1 is 1.13 bits per heavy atom. The van der Waals surface area contributed by atoms with Crippen LogP contribution in [0.4, 0.5) is 11.4 Å². The molecule has 4 atom stereocenters. The first-order valence-electron chi connectivity index (χ1n) is 7.30. The monoisotopic (exact) mass is 314 g/mol. The van der Waals surface area contributed by atoms with E-state index < -0.39 is 28.0 Å². The standard InChI is InChI=1S/C16H14N2O5/c1-15-6-7-16(2,23-15)12-11(15)13(19)17(14(12)20)9-4-3-5-10(8-9)18(21)22/h3-8,11-12H,1-2H3/t11-,12+,15-,16-/m1/s1. The van der Waals surface area contributed by atoms with E-state index in [9.17, 15) is 19.7 Å². The molecule has 0 N–H and O–H groups in total. The Bertz CT molecular complexity index is 767. The van der Waals surface area contributed by atoms with Gasteiger partial charge >= 0.3 is 0 Å². The number of nitrogens with zero attached hydrogens (tertiary/aromatic N) is 2. The summed E-state index contributed by atoms with van der Waals surface area (Å²) in [6, 6.07) is 5.57. The highest BCUT2D eigenvalue weighted by molar-refractivity contribution is 6.23. The lowest BCUT2D eigenvalue weighted by Crippen LogP contribution is -2.39. The van der Waals surface area contributed by atoms with Gasteiger partial charge in [-0.3, -0.25) is 19.7 Å². The average Bonchev–Trinajstić information content (AvgIpc) is 3.04. The summed E-state index contributed by atoms with van der Waals surface area (Å²) in [5.41, 5.74) is -1.53. The number of imide groups is 1. The minimum absolute atomic E-state index is 0.157. The second kappa shape index (κ2) is 4.05. The number of nitro benzene ring substituents is 1. The first kappa shape index (κ1) is 14.1. The van der Waals surface area contributed by atoms with Crippen molar-refractivity contribution in [2.45, 2.75) is 25.0 Å². The molecule has 118 valence electrons. The zero-order valence-corrected chi connectivity index (χ0v) is 12.6. The molecule has 4 rings (SSSR count). The van der Waals surface area contributed by atoms with Gasteiger partial charge in [-0.2, -0.15) is 0 Å². The average molecular weight is 314 g/mol. The number of nitro groups is 1. The molecule has 23 heavy (non-hydrogen) atoms. The van der Waals surface area contributed by atoms with E-state index in [1.165, 1.54) is 24.3 Å². The van der Waals surface area contributed by atoms with E-state index in [1.54, 1.807) is 13.8 Å². The number of anilines is 1. The largest absolute Gasteiger partial charge is 0.359 e. The van der Waals surface area contributed by atoms with Crippen LogP contribution < -0.4 is 4.90 Å². The highest BCUT2D eigenvalue weighted by Gasteiger charge is 2.70. The van der Waals surface area contributed by atoms with E-state index in [0.29, 0.717) is 0 Å². The number of amides is 2. The van der Waals surface area contributed by atoms with Gasteiger partial charge in [0.1, 0.15) is 0 Å². The molecule has 2 fully saturated rings. The van der Waals surface area contributed by atoms with Crippen molar-refractivity contribution in [3.8, 4) is 0 Å². The first-order valence-corrected chi connectivity index (χ1v) is 7.30. The zero-order chi connectivity index (χ0) is 16.6. The highest BCUT2D eigenvalue weighted by atomic mass is 16.6. The number of hydrogen-bond donors (Lipinski definition) is 0. The maximum absolute atomic E-state index is 12.8. The van der Waals surface area contributed by atoms with Crippen molar-refractivity contribution in [1.29, 1.82) is 0 Å². The SMILES string of the molecule is C[C@]12C=C[C@@](C)(O1)[C@H]1C(=O)N(c3cccc([N+](=O)[O-])c3)C(=O)[C@H]12. The zero-order valence-electron chi connectivity index (χ0n) is 12.6. The van der Waals surface area contributed by atoms with Gasteiger partial charge in [-0.05, 0) is 19.9 Å². The van der Waals surface area contributed by atoms with Gasteiger partial charge < -0.3 is 4.74 Å². The topological polar surface area (TPSA) is 89.8 Å². The molecular formula is C16H14N2O5. The molecule has 1 aromatic rings. The lowest BCUT2D eigenvalue weighted by molar-refractivity contribution is -0.384. The molecule has 2 saturated heterocycles. The van der Waals surface area contributed by atoms with Crippen LogP contribution in [0.25, 0.3) is 0 Å². The Kier molecular flexibility index (Phi) is 2.48. The molecule has 7 heteroatoms. The predicted molar refractivity (Wildman–Crippen MR) is 79.6 cm³/mol. The van der Waals surface area contributed by atoms with Crippen molar-refractivity contribution in [3.05, 3.63) is 46.5 Å². The van der Waals surface area contributed by atoms with E-state index in [4.69, 9.17) is 4.74 Å². The second-order valence-electron chi connectivity index (χ2n) is 6.55. The van der Waals surface area contributed by atoms with Crippen LogP contribution in [-0.2, 0) is 14.3 Å². The van der Waals surface area contributed by atoms with Crippen LogP contribution in [0.5, 0.6) is 0 Å². The molecule has 0 unspecified atom stereocenters. The summed E-state index contributed by atoms with van der Waals surface area (Å²) >= 11 is 0. The lowest BCUT2D eigenvalue weighted by Gasteiger charge is -2.25. The fourth-order valence-electron chi connectivity index (χ4n) is 4.03. The smallest absolute Gasteiger partial charge is 0.271 e. The third-order valence-electron chi connectivity index (χ3n) is 5.03. The van der Waals surface area contributed by atoms with Gasteiger partial charge in [-0.1, -0.05) is 18.2 Å². The van der Waals surface area contributed by atoms with Crippen molar-refractivity contribution in [2.75, 3.05) is 4.90 Å². The maximum atomic E-state index is 12.8. The molecule has 3 heterocycles. The second-order valence-corrected chi connectivity index (χ2v) is 6.55. The van der Waals surface area contributed by atoms with Crippen molar-refractivity contribution >= 4 is 23.2 Å². The number of benzene rings is 1. The van der Waals surface area contributed by atoms with Crippen LogP contribution in [0.2, 0.25) is 0 Å². The molecule has 2 bridgehead atoms. The van der Waals surface area contributed by atoms with E-state index in [1.807, 2.05) is 12.2 Å². The summed E-state index contributed by atoms with van der Waals surface area (Å²) in [6.45, 7) is 3.59. The van der Waals surface area contributed by atoms with Gasteiger partial charge in [-0.25, -0.2) is 4.90 Å². The van der Waals surface area contributed by atoms with Gasteiger partial charge in [0, 0.05) is 12.1 Å². The van der Waals surface area contributed by atoms with Crippen LogP contribution >= 0.6 is 0 Å². The minimum Gasteiger partial charge on any atom is -0.359 e. The molecular weight excluding hydrogens is 300 g/mol. The molecule has 0 saturated carbocycles. The number of rotatable bonds is 2. The summed E-state index contributed by atoms with van der Waals surface area (Å²) in [4.78, 5) is 37.1. The number of ether oxygens (including phenoxy) is 1. The summed E-state index contributed by atoms with van der Waals surface area (Å²) < 4.78 is 5.91. The number of hydrogen-bond acceptors (Lipinski definition) is 5. The third-order valence-corrected chi connectivity index (χ3v) is 5.03. The Balaban J connectivity index is 1.79. The van der Waals surface area contributed by atoms with Crippen molar-refractivity contribution in [2.24, 2.45) is 11.8 Å². The quantitative estimate of drug-likeness (QED) is 0.359. The molecule has 2 amide bonds. The summed E-state index contributed by atoms with van der Waals surface area (Å²) in [7, 11) is 0. The van der Waals surface area contributed by atoms with E-state index >= 15 is 0 Å². The molecule has 0 aliphatic carbocycles. The predicted octanol–water partition coefficient (Wildman–Crippen LogP) is 1.82. The van der Waals surface area contributed by atoms with E-state index in [-0.39, 0.29) is 23.2 Å². The Labute approximate surface area is 131 Å². The van der Waals surface area contributed by atoms with Crippen molar-refractivity contribution < 1.29 is 19.2 Å². The fraction of sp³-hybridized carbons (Fsp3) is 0.375. The van der Waals surface area contributed by atoms with E-state index in [2.05, 4.69) is 0 Å². The van der Waals surface area contributed by atoms with Gasteiger partial charge in [0.15, 0.2) is 0 Å². The van der Waals surface area contributed by atoms with Crippen LogP contribution in [0.1, 0.15) is 13.8 Å². The van der Waals surface area contributed by atoms with Crippen LogP contribution in [0.3, 0.4) is 0 Å². The molecule has 3 aliphatic rings. The highest BCUT2D eigenvalue weighted by Crippen LogP contribution is 2.57. The number of carbonyl (C=O) groups excluding carboxylic acids is 2. The maximum Gasteiger partial charge on any atom is 0.271 e. The number of carbonyl (C=O) groups is 2. The van der Waals surface area contributed by atoms with Crippen molar-refractivity contribution in [3.63, 3.8) is 0 Å². The van der Waals surface area contributed by atoms with E-state index in [0.717, 1.165) is 4.90 Å². The van der Waals surface area contributed by atoms with Crippen LogP contribution in [-0.4, -0.2) is 27.9 Å². The van der Waals surface area contributed by atoms with Crippen LogP contribution in [0.15, 0.2) is 36.4 Å². The summed E-state index contributed by atoms with van der Waals surface area (Å²) in [6.07, 6.45) is 3.66. The van der Waals surface area contributed by atoms with Crippen molar-refractivity contribution in [1.82, 2.24) is 0 Å². The normalized spacial score (nSPS) is 37.6. The molecule has 1 aromatic carbocycles. The summed E-state index contributed by atoms with van der Waals surface area (Å²) in [5, 5.41) is 10.9. The van der Waals surface area contributed by atoms with Crippen LogP contribution in [0, 0.1) is 22.0 Å². The lowest BCUT2D eigenvalue weighted by atomic mass is 9.73. The van der Waals surface area contributed by atoms with Gasteiger partial charge in [0.25, 0.3) is 5.69 Å². The molecule has 0 radical (unpaired) electrons. The molecule has 0 spiro atoms. The van der Waals surface area contributed by atoms with Gasteiger partial charge in [-0.15, -0.1) is 0 Å². The van der Waals surface area contributed by atoms with Gasteiger partial charge in [0.05, 0.1) is 33.6 Å². The number of non-ortho nitro benzene ring substituents is 1. The third kappa shape index (κ3) is 1.62. The first-order chi connectivity index (χ1) is 10.8. The summed E-state index contributed by atoms with van der Waals surface area (Å²) in [5.74, 6) is -1.92. The Morgan fingerprint density at radius 3 is 2.22 bits per heavy atom. The Hall–Kier alpha value is -2.54. The molecule has 7 nitrogen and oxygen atoms in total. The molecule has 0 aromatic heterocycles. The number of fused-ring (bicyclic) bond motifs is 5.